The third kappa shape index (κ3) is 8.49. The van der Waals surface area contributed by atoms with E-state index in [9.17, 15) is 0 Å². The predicted octanol–water partition coefficient (Wildman–Crippen LogP) is 3.53. The van der Waals surface area contributed by atoms with E-state index >= 15 is 0 Å². The average Bonchev–Trinajstić information content (AvgIpc) is 3.29. The van der Waals surface area contributed by atoms with E-state index in [1.165, 1.54) is 5.01 Å². The fraction of sp³-hybridized carbons (Fsp3) is 0.579. The number of rotatable bonds is 12. The van der Waals surface area contributed by atoms with Crippen LogP contribution in [0.5, 0.6) is 0 Å². The van der Waals surface area contributed by atoms with Crippen LogP contribution in [0.2, 0.25) is 0 Å². The van der Waals surface area contributed by atoms with Crippen LogP contribution in [0, 0.1) is 6.92 Å². The second-order valence-corrected chi connectivity index (χ2v) is 6.96. The highest BCUT2D eigenvalue weighted by atomic mass is 32.1. The van der Waals surface area contributed by atoms with Gasteiger partial charge in [0, 0.05) is 37.3 Å². The van der Waals surface area contributed by atoms with Crippen molar-refractivity contribution in [2.45, 2.75) is 46.1 Å². The quantitative estimate of drug-likeness (QED) is 0.336. The molecule has 2 heterocycles. The number of furan rings is 1. The fourth-order valence-corrected chi connectivity index (χ4v) is 3.21. The molecule has 0 aliphatic rings. The van der Waals surface area contributed by atoms with Crippen LogP contribution >= 0.6 is 11.3 Å². The fourth-order valence-electron chi connectivity index (χ4n) is 2.39. The summed E-state index contributed by atoms with van der Waals surface area (Å²) in [6, 6.07) is 3.79. The SMILES string of the molecule is CCNC(=NCCCOCc1ccco1)NCCCCc1nc(C)cs1. The maximum Gasteiger partial charge on any atom is 0.191 e. The minimum absolute atomic E-state index is 0.521. The number of nitrogens with zero attached hydrogens (tertiary/aromatic N) is 2. The molecule has 144 valence electrons. The lowest BCUT2D eigenvalue weighted by atomic mass is 10.2. The Labute approximate surface area is 160 Å². The molecule has 0 spiro atoms. The number of unbranched alkanes of at least 4 members (excludes halogenated alkanes) is 1. The summed E-state index contributed by atoms with van der Waals surface area (Å²) >= 11 is 1.75. The molecule has 2 N–H and O–H groups in total. The summed E-state index contributed by atoms with van der Waals surface area (Å²) in [5, 5.41) is 10.0. The van der Waals surface area contributed by atoms with Crippen molar-refractivity contribution in [2.75, 3.05) is 26.2 Å². The molecule has 0 radical (unpaired) electrons. The van der Waals surface area contributed by atoms with Crippen molar-refractivity contribution < 1.29 is 9.15 Å². The maximum absolute atomic E-state index is 5.57. The van der Waals surface area contributed by atoms with Crippen LogP contribution in [0.4, 0.5) is 0 Å². The number of ether oxygens (including phenoxy) is 1. The number of nitrogens with one attached hydrogen (secondary N) is 2. The number of guanidine groups is 1. The first kappa shape index (κ1) is 20.5. The average molecular weight is 379 g/mol. The molecule has 2 aromatic rings. The summed E-state index contributed by atoms with van der Waals surface area (Å²) in [6.07, 6.45) is 5.85. The maximum atomic E-state index is 5.57. The Hall–Kier alpha value is -1.86. The molecule has 0 aromatic carbocycles. The summed E-state index contributed by atoms with van der Waals surface area (Å²) in [7, 11) is 0. The van der Waals surface area contributed by atoms with Crippen LogP contribution < -0.4 is 10.6 Å². The predicted molar refractivity (Wildman–Crippen MR) is 107 cm³/mol. The van der Waals surface area contributed by atoms with Crippen LogP contribution in [-0.2, 0) is 17.8 Å². The minimum atomic E-state index is 0.521. The number of aryl methyl sites for hydroxylation is 2. The molecule has 2 rings (SSSR count). The van der Waals surface area contributed by atoms with E-state index in [4.69, 9.17) is 9.15 Å². The monoisotopic (exact) mass is 378 g/mol. The highest BCUT2D eigenvalue weighted by Crippen LogP contribution is 2.11. The molecular weight excluding hydrogens is 348 g/mol. The van der Waals surface area contributed by atoms with Gasteiger partial charge in [-0.1, -0.05) is 0 Å². The van der Waals surface area contributed by atoms with Crippen LogP contribution in [-0.4, -0.2) is 37.2 Å². The van der Waals surface area contributed by atoms with E-state index in [0.717, 1.165) is 62.7 Å². The van der Waals surface area contributed by atoms with Gasteiger partial charge in [0.2, 0.25) is 0 Å². The van der Waals surface area contributed by atoms with E-state index < -0.39 is 0 Å². The van der Waals surface area contributed by atoms with Gasteiger partial charge in [0.05, 0.1) is 11.3 Å². The third-order valence-electron chi connectivity index (χ3n) is 3.66. The highest BCUT2D eigenvalue weighted by Gasteiger charge is 2.00. The molecule has 0 aliphatic heterocycles. The molecule has 0 aliphatic carbocycles. The van der Waals surface area contributed by atoms with Crippen molar-refractivity contribution >= 4 is 17.3 Å². The van der Waals surface area contributed by atoms with Crippen LogP contribution in [0.15, 0.2) is 33.2 Å². The first-order valence-electron chi connectivity index (χ1n) is 9.31. The number of aromatic nitrogens is 1. The molecule has 0 saturated heterocycles. The lowest BCUT2D eigenvalue weighted by Gasteiger charge is -2.11. The van der Waals surface area contributed by atoms with E-state index in [2.05, 4.69) is 32.9 Å². The minimum Gasteiger partial charge on any atom is -0.467 e. The molecule has 0 saturated carbocycles. The second-order valence-electron chi connectivity index (χ2n) is 6.01. The van der Waals surface area contributed by atoms with Gasteiger partial charge in [-0.3, -0.25) is 4.99 Å². The zero-order valence-corrected chi connectivity index (χ0v) is 16.6. The van der Waals surface area contributed by atoms with E-state index in [-0.39, 0.29) is 0 Å². The Morgan fingerprint density at radius 2 is 2.23 bits per heavy atom. The van der Waals surface area contributed by atoms with Gasteiger partial charge in [-0.05, 0) is 51.7 Å². The van der Waals surface area contributed by atoms with Crippen molar-refractivity contribution in [1.29, 1.82) is 0 Å². The van der Waals surface area contributed by atoms with Gasteiger partial charge in [0.15, 0.2) is 5.96 Å². The lowest BCUT2D eigenvalue weighted by Crippen LogP contribution is -2.37. The summed E-state index contributed by atoms with van der Waals surface area (Å²) in [6.45, 7) is 7.85. The van der Waals surface area contributed by atoms with Gasteiger partial charge in [-0.15, -0.1) is 11.3 Å². The van der Waals surface area contributed by atoms with Crippen molar-refractivity contribution in [1.82, 2.24) is 15.6 Å². The van der Waals surface area contributed by atoms with Gasteiger partial charge in [-0.25, -0.2) is 4.98 Å². The Kier molecular flexibility index (Phi) is 9.82. The number of hydrogen-bond acceptors (Lipinski definition) is 5. The van der Waals surface area contributed by atoms with Gasteiger partial charge in [0.25, 0.3) is 0 Å². The largest absolute Gasteiger partial charge is 0.467 e. The summed E-state index contributed by atoms with van der Waals surface area (Å²) in [4.78, 5) is 9.09. The van der Waals surface area contributed by atoms with Crippen LogP contribution in [0.25, 0.3) is 0 Å². The van der Waals surface area contributed by atoms with Gasteiger partial charge in [-0.2, -0.15) is 0 Å². The summed E-state index contributed by atoms with van der Waals surface area (Å²) in [5.41, 5.74) is 1.12. The molecule has 2 aromatic heterocycles. The molecular formula is C19H30N4O2S. The number of hydrogen-bond donors (Lipinski definition) is 2. The molecule has 0 fully saturated rings. The zero-order chi connectivity index (χ0) is 18.5. The summed E-state index contributed by atoms with van der Waals surface area (Å²) in [5.74, 6) is 1.74. The molecule has 26 heavy (non-hydrogen) atoms. The zero-order valence-electron chi connectivity index (χ0n) is 15.8. The van der Waals surface area contributed by atoms with Crippen LogP contribution in [0.3, 0.4) is 0 Å². The Morgan fingerprint density at radius 3 is 2.96 bits per heavy atom. The molecule has 0 unspecified atom stereocenters. The molecule has 0 amide bonds. The topological polar surface area (TPSA) is 71.7 Å². The molecule has 0 bridgehead atoms. The summed E-state index contributed by atoms with van der Waals surface area (Å²) < 4.78 is 10.8. The van der Waals surface area contributed by atoms with Crippen molar-refractivity contribution in [3.8, 4) is 0 Å². The van der Waals surface area contributed by atoms with Crippen molar-refractivity contribution in [2.24, 2.45) is 4.99 Å². The van der Waals surface area contributed by atoms with E-state index in [0.29, 0.717) is 13.2 Å². The third-order valence-corrected chi connectivity index (χ3v) is 4.69. The highest BCUT2D eigenvalue weighted by molar-refractivity contribution is 7.09. The number of thiazole rings is 1. The lowest BCUT2D eigenvalue weighted by molar-refractivity contribution is 0.105. The first-order chi connectivity index (χ1) is 12.8. The molecule has 6 nitrogen and oxygen atoms in total. The van der Waals surface area contributed by atoms with Gasteiger partial charge in [0.1, 0.15) is 12.4 Å². The Morgan fingerprint density at radius 1 is 1.31 bits per heavy atom. The molecule has 0 atom stereocenters. The van der Waals surface area contributed by atoms with Crippen molar-refractivity contribution in [3.63, 3.8) is 0 Å². The normalized spacial score (nSPS) is 11.7. The smallest absolute Gasteiger partial charge is 0.191 e. The second kappa shape index (κ2) is 12.5. The number of aliphatic imine (C=N–C) groups is 1. The van der Waals surface area contributed by atoms with E-state index in [1.807, 2.05) is 19.1 Å². The Balaban J connectivity index is 1.53. The van der Waals surface area contributed by atoms with Crippen LogP contribution in [0.1, 0.15) is 42.6 Å². The van der Waals surface area contributed by atoms with E-state index in [1.54, 1.807) is 17.6 Å². The van der Waals surface area contributed by atoms with Gasteiger partial charge < -0.3 is 19.8 Å². The Bertz CT molecular complexity index is 625. The molecule has 7 heteroatoms. The first-order valence-corrected chi connectivity index (χ1v) is 10.2. The van der Waals surface area contributed by atoms with Gasteiger partial charge >= 0.3 is 0 Å². The van der Waals surface area contributed by atoms with Crippen molar-refractivity contribution in [3.05, 3.63) is 40.2 Å². The standard InChI is InChI=1S/C19H30N4O2S/c1-3-20-19(21-10-5-4-9-18-23-16(2)15-26-18)22-11-7-12-24-14-17-8-6-13-25-17/h6,8,13,15H,3-5,7,9-12,14H2,1-2H3,(H2,20,21,22).